The molecule has 1 atom stereocenters. The van der Waals surface area contributed by atoms with Crippen LogP contribution in [-0.4, -0.2) is 37.2 Å². The maximum atomic E-state index is 12.7. The van der Waals surface area contributed by atoms with E-state index in [1.165, 1.54) is 89.9 Å². The number of hydrogen-bond donors (Lipinski definition) is 0. The Morgan fingerprint density at radius 1 is 0.356 bits per heavy atom. The Morgan fingerprint density at radius 2 is 0.695 bits per heavy atom. The molecule has 0 amide bonds. The molecule has 0 rings (SSSR count). The summed E-state index contributed by atoms with van der Waals surface area (Å²) in [6, 6.07) is 0. The Hall–Kier alpha value is -3.15. The number of unbranched alkanes of at least 4 members (excludes halogenated alkanes) is 20. The lowest BCUT2D eigenvalue weighted by Crippen LogP contribution is -2.30. The molecule has 0 N–H and O–H groups in total. The van der Waals surface area contributed by atoms with Crippen molar-refractivity contribution in [1.82, 2.24) is 0 Å². The molecule has 0 aliphatic rings. The van der Waals surface area contributed by atoms with Gasteiger partial charge in [-0.3, -0.25) is 14.4 Å². The van der Waals surface area contributed by atoms with Crippen molar-refractivity contribution < 1.29 is 28.6 Å². The Balaban J connectivity index is 4.40. The number of carbonyl (C=O) groups excluding carboxylic acids is 3. The van der Waals surface area contributed by atoms with Gasteiger partial charge in [-0.25, -0.2) is 0 Å². The minimum Gasteiger partial charge on any atom is -0.462 e. The van der Waals surface area contributed by atoms with Gasteiger partial charge < -0.3 is 14.2 Å². The van der Waals surface area contributed by atoms with Crippen LogP contribution < -0.4 is 0 Å². The quantitative estimate of drug-likeness (QED) is 0.0264. The zero-order chi connectivity index (χ0) is 43.0. The molecule has 338 valence electrons. The fraction of sp³-hybridized carbons (Fsp3) is 0.717. The first-order valence-electron chi connectivity index (χ1n) is 24.4. The van der Waals surface area contributed by atoms with Crippen LogP contribution in [0.5, 0.6) is 0 Å². The zero-order valence-electron chi connectivity index (χ0n) is 38.5. The molecule has 6 heteroatoms. The third-order valence-corrected chi connectivity index (χ3v) is 10.2. The van der Waals surface area contributed by atoms with Crippen LogP contribution in [-0.2, 0) is 28.6 Å². The largest absolute Gasteiger partial charge is 0.462 e. The van der Waals surface area contributed by atoms with Crippen LogP contribution in [0, 0.1) is 0 Å². The van der Waals surface area contributed by atoms with Crippen LogP contribution in [0.1, 0.15) is 226 Å². The van der Waals surface area contributed by atoms with Crippen LogP contribution in [0.15, 0.2) is 72.9 Å². The second-order valence-corrected chi connectivity index (χ2v) is 16.0. The van der Waals surface area contributed by atoms with Gasteiger partial charge in [0, 0.05) is 19.3 Å². The average Bonchev–Trinajstić information content (AvgIpc) is 3.23. The van der Waals surface area contributed by atoms with Gasteiger partial charge >= 0.3 is 17.9 Å². The van der Waals surface area contributed by atoms with Gasteiger partial charge in [-0.1, -0.05) is 203 Å². The zero-order valence-corrected chi connectivity index (χ0v) is 38.5. The van der Waals surface area contributed by atoms with Crippen molar-refractivity contribution in [3.05, 3.63) is 72.9 Å². The minimum absolute atomic E-state index is 0.102. The molecule has 0 spiro atoms. The number of esters is 3. The monoisotopic (exact) mass is 823 g/mol. The van der Waals surface area contributed by atoms with E-state index in [9.17, 15) is 14.4 Å². The maximum absolute atomic E-state index is 12.7. The van der Waals surface area contributed by atoms with Crippen molar-refractivity contribution in [3.8, 4) is 0 Å². The number of carbonyl (C=O) groups is 3. The van der Waals surface area contributed by atoms with Crippen molar-refractivity contribution in [1.29, 1.82) is 0 Å². The van der Waals surface area contributed by atoms with E-state index in [0.717, 1.165) is 89.9 Å². The summed E-state index contributed by atoms with van der Waals surface area (Å²) >= 11 is 0. The molecule has 0 bridgehead atoms. The van der Waals surface area contributed by atoms with Crippen molar-refractivity contribution in [2.75, 3.05) is 13.2 Å². The van der Waals surface area contributed by atoms with E-state index in [2.05, 4.69) is 87.6 Å². The van der Waals surface area contributed by atoms with Gasteiger partial charge in [0.2, 0.25) is 0 Å². The molecule has 0 heterocycles. The summed E-state index contributed by atoms with van der Waals surface area (Å²) in [7, 11) is 0. The van der Waals surface area contributed by atoms with Gasteiger partial charge in [-0.15, -0.1) is 0 Å². The molecular weight excluding hydrogens is 733 g/mol. The summed E-state index contributed by atoms with van der Waals surface area (Å²) < 4.78 is 16.7. The van der Waals surface area contributed by atoms with Crippen LogP contribution in [0.2, 0.25) is 0 Å². The molecule has 1 unspecified atom stereocenters. The lowest BCUT2D eigenvalue weighted by atomic mass is 10.1. The highest BCUT2D eigenvalue weighted by molar-refractivity contribution is 5.71. The SMILES string of the molecule is CC/C=C\C/C=C\C/C=C\C/C=C\CCCCCCCCC(=O)OCC(COC(=O)CCCCCCCCCCC)OC(=O)CC/C=C\C/C=C\CCCCCCCC. The highest BCUT2D eigenvalue weighted by Crippen LogP contribution is 2.13. The van der Waals surface area contributed by atoms with E-state index < -0.39 is 6.10 Å². The first kappa shape index (κ1) is 55.9. The second kappa shape index (κ2) is 47.5. The van der Waals surface area contributed by atoms with Crippen molar-refractivity contribution in [3.63, 3.8) is 0 Å². The lowest BCUT2D eigenvalue weighted by Gasteiger charge is -2.18. The lowest BCUT2D eigenvalue weighted by molar-refractivity contribution is -0.166. The van der Waals surface area contributed by atoms with Crippen LogP contribution >= 0.6 is 0 Å². The van der Waals surface area contributed by atoms with Gasteiger partial charge in [0.1, 0.15) is 13.2 Å². The predicted molar refractivity (Wildman–Crippen MR) is 251 cm³/mol. The second-order valence-electron chi connectivity index (χ2n) is 16.0. The summed E-state index contributed by atoms with van der Waals surface area (Å²) in [6.07, 6.45) is 59.0. The number of allylic oxidation sites excluding steroid dienone is 12. The van der Waals surface area contributed by atoms with E-state index in [1.54, 1.807) is 0 Å². The van der Waals surface area contributed by atoms with E-state index >= 15 is 0 Å². The molecule has 6 nitrogen and oxygen atoms in total. The Bertz CT molecular complexity index is 1130. The summed E-state index contributed by atoms with van der Waals surface area (Å²) in [5.41, 5.74) is 0. The Kier molecular flexibility index (Phi) is 45.0. The number of ether oxygens (including phenoxy) is 3. The summed E-state index contributed by atoms with van der Waals surface area (Å²) in [4.78, 5) is 37.8. The number of rotatable bonds is 43. The van der Waals surface area contributed by atoms with Gasteiger partial charge in [0.15, 0.2) is 6.10 Å². The third kappa shape index (κ3) is 45.8. The summed E-state index contributed by atoms with van der Waals surface area (Å²) in [6.45, 7) is 6.42. The molecule has 0 aromatic rings. The Labute approximate surface area is 363 Å². The molecule has 0 aliphatic heterocycles. The highest BCUT2D eigenvalue weighted by atomic mass is 16.6. The first-order chi connectivity index (χ1) is 29.0. The smallest absolute Gasteiger partial charge is 0.306 e. The predicted octanol–water partition coefficient (Wildman–Crippen LogP) is 15.9. The molecule has 0 aromatic heterocycles. The molecule has 0 fully saturated rings. The number of hydrogen-bond acceptors (Lipinski definition) is 6. The highest BCUT2D eigenvalue weighted by Gasteiger charge is 2.19. The standard InChI is InChI=1S/C53H90O6/c1-4-7-10-13-16-19-21-23-24-25-26-27-28-30-31-34-37-40-43-46-52(55)58-49-50(48-57-51(54)45-42-39-36-33-18-15-12-9-6-3)59-53(56)47-44-41-38-35-32-29-22-20-17-14-11-8-5-2/h7,10,16,19,23-24,26-27,29,32,38,41,50H,4-6,8-9,11-15,17-18,20-22,25,28,30-31,33-37,39-40,42-49H2,1-3H3/b10-7-,19-16-,24-23-,27-26-,32-29-,41-38-. The maximum Gasteiger partial charge on any atom is 0.306 e. The van der Waals surface area contributed by atoms with Crippen molar-refractivity contribution in [2.24, 2.45) is 0 Å². The fourth-order valence-corrected chi connectivity index (χ4v) is 6.54. The van der Waals surface area contributed by atoms with E-state index in [0.29, 0.717) is 19.3 Å². The molecular formula is C53H90O6. The Morgan fingerprint density at radius 3 is 1.10 bits per heavy atom. The van der Waals surface area contributed by atoms with Crippen molar-refractivity contribution >= 4 is 17.9 Å². The van der Waals surface area contributed by atoms with E-state index in [-0.39, 0.29) is 37.5 Å². The molecule has 0 aliphatic carbocycles. The van der Waals surface area contributed by atoms with Crippen molar-refractivity contribution in [2.45, 2.75) is 232 Å². The molecule has 0 saturated heterocycles. The van der Waals surface area contributed by atoms with Gasteiger partial charge in [0.25, 0.3) is 0 Å². The van der Waals surface area contributed by atoms with E-state index in [4.69, 9.17) is 14.2 Å². The normalized spacial score (nSPS) is 12.7. The summed E-state index contributed by atoms with van der Waals surface area (Å²) in [5, 5.41) is 0. The van der Waals surface area contributed by atoms with E-state index in [1.807, 2.05) is 6.08 Å². The van der Waals surface area contributed by atoms with Crippen LogP contribution in [0.3, 0.4) is 0 Å². The topological polar surface area (TPSA) is 78.9 Å². The summed E-state index contributed by atoms with van der Waals surface area (Å²) in [5.74, 6) is -0.989. The molecule has 0 aromatic carbocycles. The third-order valence-electron chi connectivity index (χ3n) is 10.2. The minimum atomic E-state index is -0.808. The molecule has 0 radical (unpaired) electrons. The van der Waals surface area contributed by atoms with Crippen LogP contribution in [0.4, 0.5) is 0 Å². The first-order valence-corrected chi connectivity index (χ1v) is 24.4. The molecule has 0 saturated carbocycles. The van der Waals surface area contributed by atoms with Gasteiger partial charge in [-0.2, -0.15) is 0 Å². The van der Waals surface area contributed by atoms with Crippen LogP contribution in [0.25, 0.3) is 0 Å². The van der Waals surface area contributed by atoms with Gasteiger partial charge in [0.05, 0.1) is 0 Å². The average molecular weight is 823 g/mol. The molecule has 59 heavy (non-hydrogen) atoms. The van der Waals surface area contributed by atoms with Gasteiger partial charge in [-0.05, 0) is 77.0 Å². The fourth-order valence-electron chi connectivity index (χ4n) is 6.54.